The van der Waals surface area contributed by atoms with Crippen molar-refractivity contribution in [2.45, 2.75) is 51.7 Å². The fourth-order valence-corrected chi connectivity index (χ4v) is 4.34. The van der Waals surface area contributed by atoms with Crippen LogP contribution in [0.15, 0.2) is 42.0 Å². The van der Waals surface area contributed by atoms with E-state index in [9.17, 15) is 5.11 Å². The largest absolute Gasteiger partial charge is 0.508 e. The molecule has 2 aromatic carbocycles. The molecule has 2 aromatic rings. The molecule has 29 heavy (non-hydrogen) atoms. The highest BCUT2D eigenvalue weighted by Gasteiger charge is 2.43. The molecule has 4 heteroatoms. The van der Waals surface area contributed by atoms with Crippen molar-refractivity contribution in [3.05, 3.63) is 64.2 Å². The van der Waals surface area contributed by atoms with Gasteiger partial charge in [0.05, 0.1) is 18.1 Å². The van der Waals surface area contributed by atoms with Crippen molar-refractivity contribution in [3.63, 3.8) is 0 Å². The number of hydrogen-bond acceptors (Lipinski definition) is 4. The van der Waals surface area contributed by atoms with E-state index in [1.807, 2.05) is 26.0 Å². The molecule has 3 aliphatic rings. The maximum Gasteiger partial charge on any atom is 0.138 e. The number of rotatable bonds is 2. The highest BCUT2D eigenvalue weighted by atomic mass is 16.5. The highest BCUT2D eigenvalue weighted by molar-refractivity contribution is 5.71. The zero-order valence-corrected chi connectivity index (χ0v) is 17.3. The van der Waals surface area contributed by atoms with Crippen molar-refractivity contribution in [3.8, 4) is 23.0 Å². The molecular weight excluding hydrogens is 364 g/mol. The molecular formula is C25H26O4. The van der Waals surface area contributed by atoms with Crippen molar-refractivity contribution in [1.29, 1.82) is 0 Å². The summed E-state index contributed by atoms with van der Waals surface area (Å²) < 4.78 is 18.7. The fraction of sp³-hybridized carbons (Fsp3) is 0.360. The standard InChI is InChI=1S/C25H26O4/c1-14(2)5-6-15-11-18-22(12-20(15)26)27-13-19-16-7-8-21-17(23(16)28-24(18)19)9-10-25(3,4)29-21/h5,7-12,19,24,26H,6,13H2,1-4H3/t19-,24-/m0/s1. The van der Waals surface area contributed by atoms with Crippen molar-refractivity contribution >= 4 is 6.08 Å². The second kappa shape index (κ2) is 6.31. The third kappa shape index (κ3) is 2.98. The molecule has 0 saturated carbocycles. The fourth-order valence-electron chi connectivity index (χ4n) is 4.34. The summed E-state index contributed by atoms with van der Waals surface area (Å²) in [6, 6.07) is 7.91. The Labute approximate surface area is 171 Å². The van der Waals surface area contributed by atoms with E-state index in [-0.39, 0.29) is 23.4 Å². The summed E-state index contributed by atoms with van der Waals surface area (Å²) in [5, 5.41) is 10.4. The number of ether oxygens (including phenoxy) is 3. The summed E-state index contributed by atoms with van der Waals surface area (Å²) >= 11 is 0. The van der Waals surface area contributed by atoms with Crippen LogP contribution in [-0.4, -0.2) is 17.3 Å². The lowest BCUT2D eigenvalue weighted by Crippen LogP contribution is -2.27. The number of phenols is 1. The Hall–Kier alpha value is -2.88. The van der Waals surface area contributed by atoms with Crippen LogP contribution in [0.4, 0.5) is 0 Å². The van der Waals surface area contributed by atoms with E-state index < -0.39 is 0 Å². The Balaban J connectivity index is 1.55. The van der Waals surface area contributed by atoms with Gasteiger partial charge in [0.25, 0.3) is 0 Å². The highest BCUT2D eigenvalue weighted by Crippen LogP contribution is 2.55. The maximum absolute atomic E-state index is 10.4. The number of fused-ring (bicyclic) bond motifs is 7. The number of phenolic OH excluding ortho intramolecular Hbond substituents is 1. The van der Waals surface area contributed by atoms with Crippen LogP contribution in [0.1, 0.15) is 62.0 Å². The van der Waals surface area contributed by atoms with Crippen LogP contribution in [0.3, 0.4) is 0 Å². The third-order valence-electron chi connectivity index (χ3n) is 5.89. The van der Waals surface area contributed by atoms with E-state index in [1.54, 1.807) is 6.07 Å². The normalized spacial score (nSPS) is 22.2. The summed E-state index contributed by atoms with van der Waals surface area (Å²) in [5.41, 5.74) is 4.96. The minimum Gasteiger partial charge on any atom is -0.508 e. The lowest BCUT2D eigenvalue weighted by molar-refractivity contribution is 0.137. The minimum absolute atomic E-state index is 0.116. The molecule has 0 spiro atoms. The zero-order valence-electron chi connectivity index (χ0n) is 17.3. The van der Waals surface area contributed by atoms with Gasteiger partial charge in [-0.1, -0.05) is 17.7 Å². The molecule has 0 saturated heterocycles. The summed E-state index contributed by atoms with van der Waals surface area (Å²) in [4.78, 5) is 0. The molecule has 0 amide bonds. The molecule has 5 rings (SSSR count). The van der Waals surface area contributed by atoms with Crippen LogP contribution >= 0.6 is 0 Å². The van der Waals surface area contributed by atoms with Gasteiger partial charge in [-0.25, -0.2) is 0 Å². The molecule has 150 valence electrons. The first-order valence-corrected chi connectivity index (χ1v) is 10.2. The Morgan fingerprint density at radius 3 is 2.79 bits per heavy atom. The van der Waals surface area contributed by atoms with E-state index in [2.05, 4.69) is 38.1 Å². The smallest absolute Gasteiger partial charge is 0.138 e. The predicted molar refractivity (Wildman–Crippen MR) is 113 cm³/mol. The Morgan fingerprint density at radius 2 is 2.00 bits per heavy atom. The molecule has 3 heterocycles. The van der Waals surface area contributed by atoms with Gasteiger partial charge in [0.1, 0.15) is 34.7 Å². The van der Waals surface area contributed by atoms with Crippen LogP contribution in [0.2, 0.25) is 0 Å². The first kappa shape index (κ1) is 18.2. The van der Waals surface area contributed by atoms with Crippen molar-refractivity contribution in [2.75, 3.05) is 6.61 Å². The Morgan fingerprint density at radius 1 is 1.17 bits per heavy atom. The summed E-state index contributed by atoms with van der Waals surface area (Å²) in [6.45, 7) is 8.75. The molecule has 0 radical (unpaired) electrons. The second-order valence-electron chi connectivity index (χ2n) is 8.89. The average Bonchev–Trinajstić information content (AvgIpc) is 3.04. The van der Waals surface area contributed by atoms with Gasteiger partial charge in [0.2, 0.25) is 0 Å². The molecule has 2 atom stereocenters. The van der Waals surface area contributed by atoms with Crippen molar-refractivity contribution in [1.82, 2.24) is 0 Å². The second-order valence-corrected chi connectivity index (χ2v) is 8.89. The van der Waals surface area contributed by atoms with E-state index in [0.717, 1.165) is 33.8 Å². The number of allylic oxidation sites excluding steroid dienone is 2. The first-order chi connectivity index (χ1) is 13.8. The number of benzene rings is 2. The molecule has 0 fully saturated rings. The van der Waals surface area contributed by atoms with E-state index >= 15 is 0 Å². The van der Waals surface area contributed by atoms with Gasteiger partial charge >= 0.3 is 0 Å². The quantitative estimate of drug-likeness (QED) is 0.669. The van der Waals surface area contributed by atoms with Gasteiger partial charge in [-0.2, -0.15) is 0 Å². The van der Waals surface area contributed by atoms with Gasteiger partial charge in [-0.15, -0.1) is 0 Å². The van der Waals surface area contributed by atoms with Gasteiger partial charge in [-0.3, -0.25) is 0 Å². The molecule has 0 aromatic heterocycles. The lowest BCUT2D eigenvalue weighted by atomic mass is 9.87. The van der Waals surface area contributed by atoms with Crippen LogP contribution in [0.5, 0.6) is 23.0 Å². The van der Waals surface area contributed by atoms with Crippen LogP contribution in [-0.2, 0) is 6.42 Å². The van der Waals surface area contributed by atoms with E-state index in [4.69, 9.17) is 14.2 Å². The predicted octanol–water partition coefficient (Wildman–Crippen LogP) is 5.69. The molecule has 0 unspecified atom stereocenters. The van der Waals surface area contributed by atoms with Crippen LogP contribution in [0, 0.1) is 0 Å². The number of hydrogen-bond donors (Lipinski definition) is 1. The van der Waals surface area contributed by atoms with E-state index in [1.165, 1.54) is 5.57 Å². The average molecular weight is 390 g/mol. The minimum atomic E-state index is -0.320. The van der Waals surface area contributed by atoms with Gasteiger partial charge in [0, 0.05) is 17.2 Å². The van der Waals surface area contributed by atoms with Crippen molar-refractivity contribution in [2.24, 2.45) is 0 Å². The van der Waals surface area contributed by atoms with Gasteiger partial charge in [-0.05, 0) is 64.0 Å². The van der Waals surface area contributed by atoms with Crippen LogP contribution < -0.4 is 14.2 Å². The molecule has 4 nitrogen and oxygen atoms in total. The zero-order chi connectivity index (χ0) is 20.3. The maximum atomic E-state index is 10.4. The monoisotopic (exact) mass is 390 g/mol. The summed E-state index contributed by atoms with van der Waals surface area (Å²) in [6.07, 6.45) is 6.86. The van der Waals surface area contributed by atoms with Crippen LogP contribution in [0.25, 0.3) is 6.08 Å². The molecule has 3 aliphatic heterocycles. The molecule has 1 N–H and O–H groups in total. The summed E-state index contributed by atoms with van der Waals surface area (Å²) in [7, 11) is 0. The first-order valence-electron chi connectivity index (χ1n) is 10.2. The topological polar surface area (TPSA) is 47.9 Å². The molecule has 0 aliphatic carbocycles. The SMILES string of the molecule is CC(C)=CCc1cc2c(cc1O)OC[C@H]1c3ccc4c(c3O[C@@H]21)C=CC(C)(C)O4. The molecule has 0 bridgehead atoms. The number of aromatic hydroxyl groups is 1. The van der Waals surface area contributed by atoms with Gasteiger partial charge < -0.3 is 19.3 Å². The lowest BCUT2D eigenvalue weighted by Gasteiger charge is -2.28. The third-order valence-corrected chi connectivity index (χ3v) is 5.89. The van der Waals surface area contributed by atoms with Crippen molar-refractivity contribution < 1.29 is 19.3 Å². The summed E-state index contributed by atoms with van der Waals surface area (Å²) in [5.74, 6) is 2.85. The van der Waals surface area contributed by atoms with E-state index in [0.29, 0.717) is 18.8 Å². The van der Waals surface area contributed by atoms with Gasteiger partial charge in [0.15, 0.2) is 0 Å². The Bertz CT molecular complexity index is 1060. The Kier molecular flexibility index (Phi) is 3.95.